The normalized spacial score (nSPS) is 14.2. The number of anilines is 2. The van der Waals surface area contributed by atoms with Gasteiger partial charge in [0.1, 0.15) is 16.5 Å². The van der Waals surface area contributed by atoms with E-state index in [0.717, 1.165) is 28.4 Å². The summed E-state index contributed by atoms with van der Waals surface area (Å²) >= 11 is 8.06. The van der Waals surface area contributed by atoms with Crippen molar-refractivity contribution in [1.29, 1.82) is 0 Å². The quantitative estimate of drug-likeness (QED) is 0.468. The smallest absolute Gasteiger partial charge is 0.260 e. The number of rotatable bonds is 4. The van der Waals surface area contributed by atoms with Gasteiger partial charge >= 0.3 is 0 Å². The number of nitrogens with zero attached hydrogens (tertiary/aromatic N) is 4. The van der Waals surface area contributed by atoms with Gasteiger partial charge < -0.3 is 15.0 Å². The van der Waals surface area contributed by atoms with Crippen molar-refractivity contribution in [3.8, 4) is 5.69 Å². The minimum Gasteiger partial charge on any atom is -0.378 e. The predicted molar refractivity (Wildman–Crippen MR) is 124 cm³/mol. The highest BCUT2D eigenvalue weighted by atomic mass is 35.5. The second-order valence-corrected chi connectivity index (χ2v) is 8.74. The van der Waals surface area contributed by atoms with Crippen molar-refractivity contribution >= 4 is 49.9 Å². The number of fused-ring (bicyclic) bond motifs is 1. The first-order chi connectivity index (χ1) is 15.5. The lowest BCUT2D eigenvalue weighted by molar-refractivity contribution is 0.102. The van der Waals surface area contributed by atoms with E-state index in [1.807, 2.05) is 18.2 Å². The lowest BCUT2D eigenvalue weighted by Crippen LogP contribution is -2.36. The van der Waals surface area contributed by atoms with Gasteiger partial charge in [-0.1, -0.05) is 22.9 Å². The zero-order valence-corrected chi connectivity index (χ0v) is 18.7. The number of carbonyl (C=O) groups is 1. The van der Waals surface area contributed by atoms with Crippen LogP contribution in [0, 0.1) is 12.7 Å². The van der Waals surface area contributed by atoms with Crippen LogP contribution in [-0.2, 0) is 4.74 Å². The fourth-order valence-corrected chi connectivity index (χ4v) is 5.00. The largest absolute Gasteiger partial charge is 0.378 e. The van der Waals surface area contributed by atoms with Crippen molar-refractivity contribution < 1.29 is 13.9 Å². The first kappa shape index (κ1) is 20.9. The van der Waals surface area contributed by atoms with Crippen LogP contribution < -0.4 is 10.2 Å². The van der Waals surface area contributed by atoms with Crippen LogP contribution in [0.25, 0.3) is 15.9 Å². The molecule has 4 aromatic rings. The van der Waals surface area contributed by atoms with E-state index in [1.54, 1.807) is 30.4 Å². The van der Waals surface area contributed by atoms with Crippen molar-refractivity contribution in [2.75, 3.05) is 36.5 Å². The number of nitrogens with one attached hydrogen (secondary N) is 1. The Hall–Kier alpha value is -3.01. The van der Waals surface area contributed by atoms with Crippen LogP contribution in [0.3, 0.4) is 0 Å². The zero-order valence-electron chi connectivity index (χ0n) is 17.1. The van der Waals surface area contributed by atoms with Gasteiger partial charge in [-0.15, -0.1) is 0 Å². The van der Waals surface area contributed by atoms with Gasteiger partial charge in [-0.2, -0.15) is 5.10 Å². The van der Waals surface area contributed by atoms with Gasteiger partial charge in [0.15, 0.2) is 5.13 Å². The van der Waals surface area contributed by atoms with E-state index in [0.29, 0.717) is 30.3 Å². The molecule has 0 spiro atoms. The van der Waals surface area contributed by atoms with E-state index < -0.39 is 0 Å². The molecule has 0 unspecified atom stereocenters. The first-order valence-electron chi connectivity index (χ1n) is 10.1. The van der Waals surface area contributed by atoms with E-state index in [1.165, 1.54) is 16.8 Å². The van der Waals surface area contributed by atoms with Crippen LogP contribution >= 0.6 is 22.9 Å². The van der Waals surface area contributed by atoms with E-state index in [4.69, 9.17) is 21.3 Å². The van der Waals surface area contributed by atoms with E-state index in [2.05, 4.69) is 15.3 Å². The van der Waals surface area contributed by atoms with Crippen LogP contribution in [0.2, 0.25) is 5.15 Å². The number of ether oxygens (including phenoxy) is 1. The van der Waals surface area contributed by atoms with Crippen molar-refractivity contribution in [3.63, 3.8) is 0 Å². The number of halogens is 2. The molecule has 0 radical (unpaired) electrons. The van der Waals surface area contributed by atoms with Crippen LogP contribution in [-0.4, -0.2) is 47.0 Å². The molecule has 0 atom stereocenters. The summed E-state index contributed by atoms with van der Waals surface area (Å²) < 4.78 is 21.0. The summed E-state index contributed by atoms with van der Waals surface area (Å²) in [5.41, 5.74) is 2.84. The Bertz CT molecular complexity index is 1300. The molecule has 0 bridgehead atoms. The van der Waals surface area contributed by atoms with Gasteiger partial charge in [0, 0.05) is 18.8 Å². The third-order valence-corrected chi connectivity index (χ3v) is 6.65. The van der Waals surface area contributed by atoms with Gasteiger partial charge in [-0.25, -0.2) is 14.1 Å². The molecule has 1 N–H and O–H groups in total. The highest BCUT2D eigenvalue weighted by molar-refractivity contribution is 7.22. The Labute approximate surface area is 192 Å². The van der Waals surface area contributed by atoms with Gasteiger partial charge in [-0.3, -0.25) is 4.79 Å². The Morgan fingerprint density at radius 2 is 1.94 bits per heavy atom. The monoisotopic (exact) mass is 471 g/mol. The van der Waals surface area contributed by atoms with Crippen LogP contribution in [0.4, 0.5) is 15.2 Å². The summed E-state index contributed by atoms with van der Waals surface area (Å²) in [7, 11) is 0. The molecule has 3 heterocycles. The fraction of sp³-hybridized carbons (Fsp3) is 0.227. The predicted octanol–water partition coefficient (Wildman–Crippen LogP) is 4.67. The SMILES string of the molecule is Cc1nn(-c2ccc(F)cc2)c(Cl)c1C(=O)Nc1ccc2nc(N3CCOCC3)sc2c1. The Morgan fingerprint density at radius 3 is 2.69 bits per heavy atom. The number of amides is 1. The number of benzene rings is 2. The number of hydrogen-bond donors (Lipinski definition) is 1. The molecule has 0 aliphatic carbocycles. The number of morpholine rings is 1. The van der Waals surface area contributed by atoms with Gasteiger partial charge in [0.25, 0.3) is 5.91 Å². The maximum Gasteiger partial charge on any atom is 0.260 e. The summed E-state index contributed by atoms with van der Waals surface area (Å²) in [6, 6.07) is 11.4. The Kier molecular flexibility index (Phi) is 5.54. The molecule has 2 aromatic heterocycles. The van der Waals surface area contributed by atoms with Gasteiger partial charge in [0.05, 0.1) is 34.8 Å². The highest BCUT2D eigenvalue weighted by Gasteiger charge is 2.22. The molecule has 1 fully saturated rings. The number of carbonyl (C=O) groups excluding carboxylic acids is 1. The third kappa shape index (κ3) is 3.94. The molecule has 0 saturated carbocycles. The highest BCUT2D eigenvalue weighted by Crippen LogP contribution is 2.32. The molecule has 164 valence electrons. The molecule has 5 rings (SSSR count). The van der Waals surface area contributed by atoms with Crippen molar-refractivity contribution in [3.05, 3.63) is 64.7 Å². The minimum atomic E-state index is -0.363. The molecular weight excluding hydrogens is 453 g/mol. The van der Waals surface area contributed by atoms with Crippen LogP contribution in [0.5, 0.6) is 0 Å². The standard InChI is InChI=1S/C22H19ClFN5O2S/c1-13-19(20(23)29(27-13)16-5-2-14(24)3-6-16)21(30)25-15-4-7-17-18(12-15)32-22(26-17)28-8-10-31-11-9-28/h2-7,12H,8-11H2,1H3,(H,25,30). The molecule has 2 aromatic carbocycles. The van der Waals surface area contributed by atoms with E-state index >= 15 is 0 Å². The molecule has 1 amide bonds. The molecule has 1 saturated heterocycles. The zero-order chi connectivity index (χ0) is 22.2. The fourth-order valence-electron chi connectivity index (χ4n) is 3.58. The summed E-state index contributed by atoms with van der Waals surface area (Å²) in [6.07, 6.45) is 0. The summed E-state index contributed by atoms with van der Waals surface area (Å²) in [4.78, 5) is 19.9. The number of hydrogen-bond acceptors (Lipinski definition) is 6. The molecular formula is C22H19ClFN5O2S. The van der Waals surface area contributed by atoms with Crippen LogP contribution in [0.15, 0.2) is 42.5 Å². The summed E-state index contributed by atoms with van der Waals surface area (Å²) in [5, 5.41) is 8.38. The maximum absolute atomic E-state index is 13.2. The maximum atomic E-state index is 13.2. The van der Waals surface area contributed by atoms with E-state index in [-0.39, 0.29) is 22.4 Å². The lowest BCUT2D eigenvalue weighted by Gasteiger charge is -2.25. The second-order valence-electron chi connectivity index (χ2n) is 7.37. The van der Waals surface area contributed by atoms with Gasteiger partial charge in [0.2, 0.25) is 0 Å². The Balaban J connectivity index is 1.39. The second kappa shape index (κ2) is 8.50. The average Bonchev–Trinajstić information content (AvgIpc) is 3.35. The van der Waals surface area contributed by atoms with Crippen molar-refractivity contribution in [1.82, 2.24) is 14.8 Å². The summed E-state index contributed by atoms with van der Waals surface area (Å²) in [5.74, 6) is -0.722. The Morgan fingerprint density at radius 1 is 1.19 bits per heavy atom. The number of aromatic nitrogens is 3. The number of aryl methyl sites for hydroxylation is 1. The molecule has 1 aliphatic heterocycles. The summed E-state index contributed by atoms with van der Waals surface area (Å²) in [6.45, 7) is 4.74. The van der Waals surface area contributed by atoms with Crippen molar-refractivity contribution in [2.24, 2.45) is 0 Å². The topological polar surface area (TPSA) is 72.3 Å². The molecule has 1 aliphatic rings. The minimum absolute atomic E-state index is 0.167. The third-order valence-electron chi connectivity index (χ3n) is 5.22. The molecule has 32 heavy (non-hydrogen) atoms. The van der Waals surface area contributed by atoms with Crippen molar-refractivity contribution in [2.45, 2.75) is 6.92 Å². The number of thiazole rings is 1. The molecule has 10 heteroatoms. The van der Waals surface area contributed by atoms with Crippen LogP contribution in [0.1, 0.15) is 16.1 Å². The van der Waals surface area contributed by atoms with Gasteiger partial charge in [-0.05, 0) is 49.4 Å². The first-order valence-corrected chi connectivity index (χ1v) is 11.2. The van der Waals surface area contributed by atoms with E-state index in [9.17, 15) is 9.18 Å². The molecule has 7 nitrogen and oxygen atoms in total. The average molecular weight is 472 g/mol. The lowest BCUT2D eigenvalue weighted by atomic mass is 10.2.